The molecule has 108 valence electrons. The Balaban J connectivity index is 2.00. The Morgan fingerprint density at radius 2 is 2.00 bits per heavy atom. The van der Waals surface area contributed by atoms with Crippen LogP contribution in [0.2, 0.25) is 0 Å². The van der Waals surface area contributed by atoms with Crippen molar-refractivity contribution in [1.82, 2.24) is 0 Å². The first-order valence-electron chi connectivity index (χ1n) is 7.23. The van der Waals surface area contributed by atoms with Gasteiger partial charge in [0.25, 0.3) is 5.91 Å². The van der Waals surface area contributed by atoms with Crippen LogP contribution in [0.1, 0.15) is 42.5 Å². The number of amides is 1. The van der Waals surface area contributed by atoms with Crippen molar-refractivity contribution in [2.24, 2.45) is 11.7 Å². The Bertz CT molecular complexity index is 546. The Morgan fingerprint density at radius 1 is 1.25 bits per heavy atom. The Morgan fingerprint density at radius 3 is 2.75 bits per heavy atom. The molecule has 0 aromatic heterocycles. The van der Waals surface area contributed by atoms with Crippen LogP contribution in [0.4, 0.5) is 15.8 Å². The van der Waals surface area contributed by atoms with E-state index >= 15 is 0 Å². The van der Waals surface area contributed by atoms with E-state index < -0.39 is 5.91 Å². The molecule has 1 saturated heterocycles. The molecular formula is C15H20FN3O. The summed E-state index contributed by atoms with van der Waals surface area (Å²) in [5.41, 5.74) is 11.8. The molecule has 20 heavy (non-hydrogen) atoms. The maximum absolute atomic E-state index is 14.3. The Hall–Kier alpha value is -1.78. The summed E-state index contributed by atoms with van der Waals surface area (Å²) < 4.78 is 14.3. The third-order valence-electron chi connectivity index (χ3n) is 4.69. The number of nitrogens with zero attached hydrogens (tertiary/aromatic N) is 1. The Labute approximate surface area is 117 Å². The molecule has 0 radical (unpaired) electrons. The molecule has 1 aromatic carbocycles. The van der Waals surface area contributed by atoms with Crippen LogP contribution in [0.15, 0.2) is 12.1 Å². The number of fused-ring (bicyclic) bond motifs is 1. The van der Waals surface area contributed by atoms with Gasteiger partial charge in [0, 0.05) is 18.3 Å². The molecule has 2 unspecified atom stereocenters. The highest BCUT2D eigenvalue weighted by Crippen LogP contribution is 2.40. The van der Waals surface area contributed by atoms with Crippen molar-refractivity contribution >= 4 is 17.3 Å². The van der Waals surface area contributed by atoms with Gasteiger partial charge in [0.05, 0.1) is 11.3 Å². The van der Waals surface area contributed by atoms with Crippen LogP contribution in [0.3, 0.4) is 0 Å². The lowest BCUT2D eigenvalue weighted by molar-refractivity contribution is 0.100. The molecule has 1 aliphatic carbocycles. The van der Waals surface area contributed by atoms with Gasteiger partial charge in [-0.2, -0.15) is 0 Å². The number of nitrogens with two attached hydrogens (primary N) is 2. The van der Waals surface area contributed by atoms with Crippen molar-refractivity contribution in [2.75, 3.05) is 17.2 Å². The van der Waals surface area contributed by atoms with Crippen LogP contribution in [0, 0.1) is 11.7 Å². The van der Waals surface area contributed by atoms with Crippen molar-refractivity contribution < 1.29 is 9.18 Å². The molecule has 1 saturated carbocycles. The zero-order valence-electron chi connectivity index (χ0n) is 11.4. The second kappa shape index (κ2) is 4.96. The van der Waals surface area contributed by atoms with Crippen LogP contribution < -0.4 is 16.4 Å². The number of carbonyl (C=O) groups excluding carboxylic acids is 1. The predicted octanol–water partition coefficient (Wildman–Crippen LogP) is 2.28. The van der Waals surface area contributed by atoms with E-state index in [4.69, 9.17) is 11.5 Å². The van der Waals surface area contributed by atoms with Gasteiger partial charge in [-0.1, -0.05) is 6.42 Å². The fraction of sp³-hybridized carbons (Fsp3) is 0.533. The molecule has 1 amide bonds. The van der Waals surface area contributed by atoms with E-state index in [-0.39, 0.29) is 17.1 Å². The van der Waals surface area contributed by atoms with Crippen LogP contribution in [-0.4, -0.2) is 18.5 Å². The predicted molar refractivity (Wildman–Crippen MR) is 77.0 cm³/mol. The highest BCUT2D eigenvalue weighted by Gasteiger charge is 2.36. The molecule has 2 atom stereocenters. The number of rotatable bonds is 2. The summed E-state index contributed by atoms with van der Waals surface area (Å²) in [6.45, 7) is 0.834. The third-order valence-corrected chi connectivity index (χ3v) is 4.69. The van der Waals surface area contributed by atoms with Gasteiger partial charge in [0.2, 0.25) is 0 Å². The highest BCUT2D eigenvalue weighted by atomic mass is 19.1. The van der Waals surface area contributed by atoms with Crippen molar-refractivity contribution in [3.8, 4) is 0 Å². The zero-order valence-corrected chi connectivity index (χ0v) is 11.4. The van der Waals surface area contributed by atoms with Crippen molar-refractivity contribution in [1.29, 1.82) is 0 Å². The average molecular weight is 277 g/mol. The van der Waals surface area contributed by atoms with Crippen molar-refractivity contribution in [3.05, 3.63) is 23.5 Å². The van der Waals surface area contributed by atoms with E-state index in [9.17, 15) is 9.18 Å². The molecular weight excluding hydrogens is 257 g/mol. The number of hydrogen-bond acceptors (Lipinski definition) is 3. The topological polar surface area (TPSA) is 72.4 Å². The lowest BCUT2D eigenvalue weighted by Crippen LogP contribution is -2.43. The lowest BCUT2D eigenvalue weighted by atomic mass is 9.91. The first-order chi connectivity index (χ1) is 9.58. The van der Waals surface area contributed by atoms with Crippen LogP contribution in [-0.2, 0) is 0 Å². The fourth-order valence-electron chi connectivity index (χ4n) is 3.76. The maximum atomic E-state index is 14.3. The summed E-state index contributed by atoms with van der Waals surface area (Å²) in [4.78, 5) is 13.5. The molecule has 5 heteroatoms. The number of nitrogen functional groups attached to an aromatic ring is 1. The molecule has 0 bridgehead atoms. The number of carbonyl (C=O) groups is 1. The summed E-state index contributed by atoms with van der Waals surface area (Å²) in [5, 5.41) is 0. The summed E-state index contributed by atoms with van der Waals surface area (Å²) >= 11 is 0. The normalized spacial score (nSPS) is 25.6. The fourth-order valence-corrected chi connectivity index (χ4v) is 3.76. The number of hydrogen-bond donors (Lipinski definition) is 2. The van der Waals surface area contributed by atoms with E-state index in [1.807, 2.05) is 0 Å². The highest BCUT2D eigenvalue weighted by molar-refractivity contribution is 5.99. The van der Waals surface area contributed by atoms with E-state index in [1.54, 1.807) is 0 Å². The average Bonchev–Trinajstić information content (AvgIpc) is 2.86. The summed E-state index contributed by atoms with van der Waals surface area (Å²) in [6.07, 6.45) is 5.81. The number of anilines is 2. The molecule has 2 aliphatic rings. The molecule has 1 aliphatic heterocycles. The number of piperidine rings is 1. The summed E-state index contributed by atoms with van der Waals surface area (Å²) in [7, 11) is 0. The van der Waals surface area contributed by atoms with Crippen LogP contribution >= 0.6 is 0 Å². The van der Waals surface area contributed by atoms with Gasteiger partial charge < -0.3 is 16.4 Å². The van der Waals surface area contributed by atoms with Crippen LogP contribution in [0.25, 0.3) is 0 Å². The first kappa shape index (κ1) is 13.2. The lowest BCUT2D eigenvalue weighted by Gasteiger charge is -2.39. The van der Waals surface area contributed by atoms with Crippen LogP contribution in [0.5, 0.6) is 0 Å². The SMILES string of the molecule is NC(=O)c1cc(N2CCCC3CCCC32)c(F)cc1N. The molecule has 1 aromatic rings. The van der Waals surface area contributed by atoms with Gasteiger partial charge in [-0.3, -0.25) is 4.79 Å². The maximum Gasteiger partial charge on any atom is 0.250 e. The van der Waals surface area contributed by atoms with Crippen molar-refractivity contribution in [2.45, 2.75) is 38.1 Å². The van der Waals surface area contributed by atoms with E-state index in [2.05, 4.69) is 4.90 Å². The molecule has 3 rings (SSSR count). The number of halogens is 1. The van der Waals surface area contributed by atoms with Gasteiger partial charge >= 0.3 is 0 Å². The van der Waals surface area contributed by atoms with Crippen molar-refractivity contribution in [3.63, 3.8) is 0 Å². The van der Waals surface area contributed by atoms with E-state index in [0.717, 1.165) is 19.4 Å². The van der Waals surface area contributed by atoms with Gasteiger partial charge in [0.15, 0.2) is 0 Å². The quantitative estimate of drug-likeness (QED) is 0.815. The second-order valence-electron chi connectivity index (χ2n) is 5.85. The minimum Gasteiger partial charge on any atom is -0.398 e. The van der Waals surface area contributed by atoms with Gasteiger partial charge in [0.1, 0.15) is 5.82 Å². The number of benzene rings is 1. The molecule has 4 N–H and O–H groups in total. The monoisotopic (exact) mass is 277 g/mol. The minimum absolute atomic E-state index is 0.110. The minimum atomic E-state index is -0.608. The van der Waals surface area contributed by atoms with Gasteiger partial charge in [-0.15, -0.1) is 0 Å². The van der Waals surface area contributed by atoms with E-state index in [0.29, 0.717) is 17.6 Å². The largest absolute Gasteiger partial charge is 0.398 e. The first-order valence-corrected chi connectivity index (χ1v) is 7.23. The third kappa shape index (κ3) is 2.11. The Kier molecular flexibility index (Phi) is 3.28. The standard InChI is InChI=1S/C15H20FN3O/c16-11-8-12(17)10(15(18)20)7-14(11)19-6-2-4-9-3-1-5-13(9)19/h7-9,13H,1-6,17H2,(H2,18,20). The number of primary amides is 1. The van der Waals surface area contributed by atoms with Gasteiger partial charge in [-0.05, 0) is 43.7 Å². The van der Waals surface area contributed by atoms with E-state index in [1.165, 1.54) is 31.4 Å². The van der Waals surface area contributed by atoms with Gasteiger partial charge in [-0.25, -0.2) is 4.39 Å². The zero-order chi connectivity index (χ0) is 14.3. The summed E-state index contributed by atoms with van der Waals surface area (Å²) in [6, 6.07) is 3.13. The smallest absolute Gasteiger partial charge is 0.250 e. The molecule has 0 spiro atoms. The second-order valence-corrected chi connectivity index (χ2v) is 5.85. The molecule has 2 fully saturated rings. The molecule has 1 heterocycles. The summed E-state index contributed by atoms with van der Waals surface area (Å²) in [5.74, 6) is -0.318. The molecule has 4 nitrogen and oxygen atoms in total.